The van der Waals surface area contributed by atoms with Crippen molar-refractivity contribution in [2.75, 3.05) is 0 Å². The van der Waals surface area contributed by atoms with Crippen LogP contribution in [0.3, 0.4) is 0 Å². The Kier molecular flexibility index (Phi) is 2.81. The Bertz CT molecular complexity index is 649. The summed E-state index contributed by atoms with van der Waals surface area (Å²) in [5, 5.41) is 20.3. The average molecular weight is 275 g/mol. The number of hydrogen-bond donors (Lipinski definition) is 2. The fraction of sp³-hybridized carbons (Fsp3) is 0.133. The molecule has 2 aromatic carbocycles. The average Bonchev–Trinajstić information content (AvgIpc) is 2.63. The van der Waals surface area contributed by atoms with Crippen molar-refractivity contribution >= 4 is 17.4 Å². The highest BCUT2D eigenvalue weighted by Gasteiger charge is 2.39. The maximum Gasteiger partial charge on any atom is 0.192 e. The molecule has 96 valence electrons. The Balaban J connectivity index is 2.15. The molecule has 0 bridgehead atoms. The highest BCUT2D eigenvalue weighted by atomic mass is 35.5. The summed E-state index contributed by atoms with van der Waals surface area (Å²) < 4.78 is 0. The lowest BCUT2D eigenvalue weighted by molar-refractivity contribution is 0.0754. The van der Waals surface area contributed by atoms with Crippen LogP contribution < -0.4 is 0 Å². The molecule has 0 amide bonds. The normalized spacial score (nSPS) is 21.5. The van der Waals surface area contributed by atoms with Crippen molar-refractivity contribution < 1.29 is 15.0 Å². The largest absolute Gasteiger partial charge is 0.508 e. The van der Waals surface area contributed by atoms with Gasteiger partial charge in [0.05, 0.1) is 0 Å². The Morgan fingerprint density at radius 1 is 1.05 bits per heavy atom. The zero-order valence-corrected chi connectivity index (χ0v) is 10.6. The number of ketones is 1. The minimum Gasteiger partial charge on any atom is -0.508 e. The van der Waals surface area contributed by atoms with Gasteiger partial charge in [0.1, 0.15) is 11.9 Å². The van der Waals surface area contributed by atoms with Crippen LogP contribution in [0, 0.1) is 0 Å². The number of carbonyl (C=O) groups is 1. The number of halogens is 1. The van der Waals surface area contributed by atoms with Crippen LogP contribution in [0.25, 0.3) is 0 Å². The van der Waals surface area contributed by atoms with Gasteiger partial charge in [-0.05, 0) is 41.5 Å². The van der Waals surface area contributed by atoms with Gasteiger partial charge in [-0.2, -0.15) is 0 Å². The van der Waals surface area contributed by atoms with Gasteiger partial charge in [0.15, 0.2) is 5.78 Å². The summed E-state index contributed by atoms with van der Waals surface area (Å²) in [6.45, 7) is 0. The summed E-state index contributed by atoms with van der Waals surface area (Å²) in [5.41, 5.74) is 1.92. The number of fused-ring (bicyclic) bond motifs is 1. The molecule has 1 aliphatic carbocycles. The first-order chi connectivity index (χ1) is 9.08. The number of carbonyl (C=O) groups excluding carboxylic acids is 1. The Hall–Kier alpha value is -1.84. The molecule has 0 unspecified atom stereocenters. The van der Waals surface area contributed by atoms with Crippen LogP contribution in [0.5, 0.6) is 5.75 Å². The summed E-state index contributed by atoms with van der Waals surface area (Å²) in [6, 6.07) is 11.5. The lowest BCUT2D eigenvalue weighted by atomic mass is 9.91. The smallest absolute Gasteiger partial charge is 0.192 e. The second-order valence-electron chi connectivity index (χ2n) is 4.61. The predicted molar refractivity (Wildman–Crippen MR) is 71.7 cm³/mol. The first kappa shape index (κ1) is 12.2. The number of phenolic OH excluding ortho intramolecular Hbond substituents is 1. The third-order valence-electron chi connectivity index (χ3n) is 3.45. The van der Waals surface area contributed by atoms with Crippen molar-refractivity contribution in [1.82, 2.24) is 0 Å². The van der Waals surface area contributed by atoms with Gasteiger partial charge in [-0.1, -0.05) is 23.7 Å². The Morgan fingerprint density at radius 3 is 2.42 bits per heavy atom. The Labute approximate surface area is 115 Å². The monoisotopic (exact) mass is 274 g/mol. The molecule has 0 saturated carbocycles. The molecule has 2 N–H and O–H groups in total. The molecule has 0 aliphatic heterocycles. The number of aliphatic hydroxyl groups is 1. The van der Waals surface area contributed by atoms with E-state index < -0.39 is 12.0 Å². The molecule has 2 atom stereocenters. The lowest BCUT2D eigenvalue weighted by Crippen LogP contribution is -2.20. The molecule has 1 aliphatic rings. The van der Waals surface area contributed by atoms with Gasteiger partial charge in [0.2, 0.25) is 0 Å². The fourth-order valence-electron chi connectivity index (χ4n) is 2.54. The number of aliphatic hydroxyl groups excluding tert-OH is 1. The lowest BCUT2D eigenvalue weighted by Gasteiger charge is -2.15. The van der Waals surface area contributed by atoms with Gasteiger partial charge in [0.25, 0.3) is 0 Å². The summed E-state index contributed by atoms with van der Waals surface area (Å²) in [6.07, 6.45) is -1.11. The molecule has 3 rings (SSSR count). The highest BCUT2D eigenvalue weighted by molar-refractivity contribution is 6.30. The van der Waals surface area contributed by atoms with E-state index in [1.54, 1.807) is 30.3 Å². The number of phenols is 1. The maximum atomic E-state index is 12.0. The van der Waals surface area contributed by atoms with Gasteiger partial charge in [-0.25, -0.2) is 0 Å². The van der Waals surface area contributed by atoms with Crippen molar-refractivity contribution in [2.45, 2.75) is 12.0 Å². The van der Waals surface area contributed by atoms with E-state index in [2.05, 4.69) is 0 Å². The fourth-order valence-corrected chi connectivity index (χ4v) is 2.67. The third-order valence-corrected chi connectivity index (χ3v) is 3.70. The van der Waals surface area contributed by atoms with Crippen LogP contribution in [0.15, 0.2) is 42.5 Å². The zero-order chi connectivity index (χ0) is 13.6. The van der Waals surface area contributed by atoms with Gasteiger partial charge in [-0.3, -0.25) is 4.79 Å². The molecule has 0 radical (unpaired) electrons. The standard InChI is InChI=1S/C15H11ClO3/c16-9-3-1-8(2-4-9)13-12-7-10(17)5-6-11(12)14(18)15(13)19/h1-7,13,15,17,19H/t13-,15+/m0/s1. The summed E-state index contributed by atoms with van der Waals surface area (Å²) in [7, 11) is 0. The van der Waals surface area contributed by atoms with Crippen LogP contribution in [-0.4, -0.2) is 22.1 Å². The van der Waals surface area contributed by atoms with Gasteiger partial charge < -0.3 is 10.2 Å². The van der Waals surface area contributed by atoms with Crippen molar-refractivity contribution in [3.8, 4) is 5.75 Å². The third kappa shape index (κ3) is 1.91. The van der Waals surface area contributed by atoms with Crippen LogP contribution >= 0.6 is 11.6 Å². The molecule has 0 heterocycles. The number of hydrogen-bond acceptors (Lipinski definition) is 3. The van der Waals surface area contributed by atoms with Gasteiger partial charge in [-0.15, -0.1) is 0 Å². The van der Waals surface area contributed by atoms with Gasteiger partial charge >= 0.3 is 0 Å². The van der Waals surface area contributed by atoms with Crippen LogP contribution in [0.4, 0.5) is 0 Å². The van der Waals surface area contributed by atoms with E-state index in [1.165, 1.54) is 12.1 Å². The predicted octanol–water partition coefficient (Wildman–Crippen LogP) is 2.73. The van der Waals surface area contributed by atoms with Gasteiger partial charge in [0, 0.05) is 16.5 Å². The maximum absolute atomic E-state index is 12.0. The topological polar surface area (TPSA) is 57.5 Å². The van der Waals surface area contributed by atoms with Crippen molar-refractivity contribution in [3.63, 3.8) is 0 Å². The SMILES string of the molecule is O=C1c2ccc(O)cc2[C@H](c2ccc(Cl)cc2)[C@H]1O. The van der Waals surface area contributed by atoms with E-state index in [0.717, 1.165) is 5.56 Å². The highest BCUT2D eigenvalue weighted by Crippen LogP contribution is 2.40. The molecule has 2 aromatic rings. The van der Waals surface area contributed by atoms with E-state index in [9.17, 15) is 15.0 Å². The molecule has 19 heavy (non-hydrogen) atoms. The summed E-state index contributed by atoms with van der Waals surface area (Å²) >= 11 is 5.84. The molecule has 0 aromatic heterocycles. The molecule has 0 fully saturated rings. The number of rotatable bonds is 1. The van der Waals surface area contributed by atoms with E-state index >= 15 is 0 Å². The van der Waals surface area contributed by atoms with Crippen molar-refractivity contribution in [1.29, 1.82) is 0 Å². The molecule has 0 spiro atoms. The number of aromatic hydroxyl groups is 1. The van der Waals surface area contributed by atoms with E-state index in [0.29, 0.717) is 16.1 Å². The Morgan fingerprint density at radius 2 is 1.74 bits per heavy atom. The van der Waals surface area contributed by atoms with E-state index in [4.69, 9.17) is 11.6 Å². The summed E-state index contributed by atoms with van der Waals surface area (Å²) in [5.74, 6) is -0.679. The number of Topliss-reactive ketones (excluding diaryl/α,β-unsaturated/α-hetero) is 1. The minimum atomic E-state index is -1.11. The quantitative estimate of drug-likeness (QED) is 0.841. The first-order valence-corrected chi connectivity index (χ1v) is 6.26. The molecule has 3 nitrogen and oxygen atoms in total. The van der Waals surface area contributed by atoms with Crippen LogP contribution in [0.1, 0.15) is 27.4 Å². The second kappa shape index (κ2) is 4.37. The van der Waals surface area contributed by atoms with Crippen LogP contribution in [-0.2, 0) is 0 Å². The molecular weight excluding hydrogens is 264 g/mol. The minimum absolute atomic E-state index is 0.0830. The molecule has 0 saturated heterocycles. The number of benzene rings is 2. The second-order valence-corrected chi connectivity index (χ2v) is 5.05. The van der Waals surface area contributed by atoms with E-state index in [-0.39, 0.29) is 11.5 Å². The first-order valence-electron chi connectivity index (χ1n) is 5.88. The molecular formula is C15H11ClO3. The summed E-state index contributed by atoms with van der Waals surface area (Å²) in [4.78, 5) is 12.0. The van der Waals surface area contributed by atoms with Crippen molar-refractivity contribution in [2.24, 2.45) is 0 Å². The molecule has 4 heteroatoms. The van der Waals surface area contributed by atoms with Crippen LogP contribution in [0.2, 0.25) is 5.02 Å². The zero-order valence-electron chi connectivity index (χ0n) is 9.88. The van der Waals surface area contributed by atoms with Crippen molar-refractivity contribution in [3.05, 3.63) is 64.2 Å². The van der Waals surface area contributed by atoms with E-state index in [1.807, 2.05) is 0 Å².